The van der Waals surface area contributed by atoms with Crippen molar-refractivity contribution in [3.63, 3.8) is 0 Å². The van der Waals surface area contributed by atoms with E-state index < -0.39 is 16.9 Å². The zero-order valence-electron chi connectivity index (χ0n) is 14.3. The fraction of sp³-hybridized carbons (Fsp3) is 0.235. The molecule has 1 aromatic heterocycles. The molecule has 0 amide bonds. The number of rotatable bonds is 2. The van der Waals surface area contributed by atoms with Gasteiger partial charge < -0.3 is 10.2 Å². The number of nitrogens with zero attached hydrogens (tertiary/aromatic N) is 4. The van der Waals surface area contributed by atoms with Crippen molar-refractivity contribution in [1.29, 1.82) is 5.26 Å². The molecule has 2 aromatic rings. The first-order valence-corrected chi connectivity index (χ1v) is 9.06. The Kier molecular flexibility index (Phi) is 4.66. The van der Waals surface area contributed by atoms with E-state index >= 15 is 0 Å². The highest BCUT2D eigenvalue weighted by molar-refractivity contribution is 6.37. The third-order valence-corrected chi connectivity index (χ3v) is 4.98. The molecule has 1 aromatic carbocycles. The lowest BCUT2D eigenvalue weighted by Crippen LogP contribution is -2.33. The molecule has 0 atom stereocenters. The summed E-state index contributed by atoms with van der Waals surface area (Å²) in [5.41, 5.74) is 3.24. The second-order valence-corrected chi connectivity index (χ2v) is 6.97. The van der Waals surface area contributed by atoms with Crippen LogP contribution in [0.25, 0.3) is 5.69 Å². The number of H-pyrrole nitrogens is 1. The highest BCUT2D eigenvalue weighted by Crippen LogP contribution is 2.37. The molecule has 2 N–H and O–H groups in total. The van der Waals surface area contributed by atoms with Crippen molar-refractivity contribution in [2.75, 3.05) is 6.54 Å². The zero-order chi connectivity index (χ0) is 19.8. The first kappa shape index (κ1) is 18.3. The summed E-state index contributed by atoms with van der Waals surface area (Å²) in [4.78, 5) is 25.6. The van der Waals surface area contributed by atoms with Crippen LogP contribution in [0.5, 0.6) is 5.75 Å². The van der Waals surface area contributed by atoms with Gasteiger partial charge in [-0.15, -0.1) is 10.2 Å². The Balaban J connectivity index is 1.73. The monoisotopic (exact) mass is 418 g/mol. The number of hydrogen-bond acceptors (Lipinski definition) is 7. The maximum absolute atomic E-state index is 12.0. The standard InChI is InChI=1S/C17H12Cl2N6O3/c18-11-4-9(25-17(27)22-15(26)13(6-20)24-25)5-12(19)14(11)28-16-10-3-1-2-8(10)7-21-23-16/h4-5,21H,1-3,7H2,(H,22,26,27). The van der Waals surface area contributed by atoms with Crippen LogP contribution in [0.4, 0.5) is 0 Å². The van der Waals surface area contributed by atoms with Crippen molar-refractivity contribution in [3.8, 4) is 17.5 Å². The van der Waals surface area contributed by atoms with Gasteiger partial charge in [-0.3, -0.25) is 9.78 Å². The number of hydrogen-bond donors (Lipinski definition) is 2. The summed E-state index contributed by atoms with van der Waals surface area (Å²) < 4.78 is 6.70. The van der Waals surface area contributed by atoms with E-state index in [-0.39, 0.29) is 21.5 Å². The van der Waals surface area contributed by atoms with Crippen LogP contribution in [0.3, 0.4) is 0 Å². The topological polar surface area (TPSA) is 125 Å². The molecule has 0 unspecified atom stereocenters. The number of hydrazone groups is 1. The minimum atomic E-state index is -0.871. The van der Waals surface area contributed by atoms with Gasteiger partial charge in [0.2, 0.25) is 11.6 Å². The Morgan fingerprint density at radius 1 is 1.21 bits per heavy atom. The van der Waals surface area contributed by atoms with E-state index in [0.717, 1.165) is 29.5 Å². The first-order valence-electron chi connectivity index (χ1n) is 8.31. The van der Waals surface area contributed by atoms with E-state index in [9.17, 15) is 9.59 Å². The molecule has 0 saturated heterocycles. The van der Waals surface area contributed by atoms with E-state index in [1.165, 1.54) is 17.7 Å². The molecule has 28 heavy (non-hydrogen) atoms. The normalized spacial score (nSPS) is 15.5. The predicted octanol–water partition coefficient (Wildman–Crippen LogP) is 1.88. The summed E-state index contributed by atoms with van der Waals surface area (Å²) >= 11 is 12.6. The molecule has 142 valence electrons. The van der Waals surface area contributed by atoms with Gasteiger partial charge in [0.1, 0.15) is 6.07 Å². The van der Waals surface area contributed by atoms with Crippen molar-refractivity contribution < 1.29 is 4.74 Å². The number of nitrogens with one attached hydrogen (secondary N) is 2. The number of halogens is 2. The number of benzene rings is 1. The lowest BCUT2D eigenvalue weighted by atomic mass is 10.1. The first-order chi connectivity index (χ1) is 13.5. The van der Waals surface area contributed by atoms with Gasteiger partial charge >= 0.3 is 5.69 Å². The molecule has 4 rings (SSSR count). The van der Waals surface area contributed by atoms with Gasteiger partial charge in [0, 0.05) is 5.57 Å². The van der Waals surface area contributed by atoms with E-state index in [1.807, 2.05) is 4.98 Å². The van der Waals surface area contributed by atoms with Crippen molar-refractivity contribution in [2.45, 2.75) is 19.3 Å². The third kappa shape index (κ3) is 3.17. The van der Waals surface area contributed by atoms with Crippen LogP contribution in [0.1, 0.15) is 25.0 Å². The maximum atomic E-state index is 12.0. The average Bonchev–Trinajstić information content (AvgIpc) is 3.14. The molecule has 2 aliphatic rings. The molecule has 2 heterocycles. The molecular formula is C17H12Cl2N6O3. The number of ether oxygens (including phenoxy) is 1. The molecule has 9 nitrogen and oxygen atoms in total. The third-order valence-electron chi connectivity index (χ3n) is 4.42. The molecule has 0 radical (unpaired) electrons. The molecule has 0 fully saturated rings. The predicted molar refractivity (Wildman–Crippen MR) is 102 cm³/mol. The summed E-state index contributed by atoms with van der Waals surface area (Å²) in [6, 6.07) is 4.42. The van der Waals surface area contributed by atoms with E-state index in [0.29, 0.717) is 12.4 Å². The Morgan fingerprint density at radius 3 is 2.68 bits per heavy atom. The average molecular weight is 419 g/mol. The van der Waals surface area contributed by atoms with Crippen molar-refractivity contribution in [1.82, 2.24) is 20.2 Å². The van der Waals surface area contributed by atoms with Crippen LogP contribution in [0, 0.1) is 11.3 Å². The fourth-order valence-corrected chi connectivity index (χ4v) is 3.68. The van der Waals surface area contributed by atoms with Crippen molar-refractivity contribution in [3.05, 3.63) is 59.9 Å². The van der Waals surface area contributed by atoms with Gasteiger partial charge in [-0.2, -0.15) is 9.94 Å². The quantitative estimate of drug-likeness (QED) is 0.766. The molecule has 11 heteroatoms. The smallest absolute Gasteiger partial charge is 0.349 e. The summed E-state index contributed by atoms with van der Waals surface area (Å²) in [6.45, 7) is 0.699. The number of aromatic nitrogens is 3. The Hall–Kier alpha value is -3.09. The summed E-state index contributed by atoms with van der Waals surface area (Å²) in [7, 11) is 0. The highest BCUT2D eigenvalue weighted by Gasteiger charge is 2.25. The number of aromatic amines is 1. The second-order valence-electron chi connectivity index (χ2n) is 6.16. The Morgan fingerprint density at radius 2 is 1.96 bits per heavy atom. The Bertz CT molecular complexity index is 1180. The second kappa shape index (κ2) is 7.14. The van der Waals surface area contributed by atoms with E-state index in [1.54, 1.807) is 6.07 Å². The SMILES string of the molecule is N#Cc1nn(-c2cc(Cl)c(OC3=NNCC4=C3CCC4)c(Cl)c2)c(=O)[nH]c1=O. The van der Waals surface area contributed by atoms with Crippen molar-refractivity contribution >= 4 is 29.1 Å². The van der Waals surface area contributed by atoms with Crippen LogP contribution < -0.4 is 21.4 Å². The van der Waals surface area contributed by atoms with Crippen LogP contribution >= 0.6 is 23.2 Å². The summed E-state index contributed by atoms with van der Waals surface area (Å²) in [6.07, 6.45) is 2.90. The summed E-state index contributed by atoms with van der Waals surface area (Å²) in [5.74, 6) is 0.604. The van der Waals surface area contributed by atoms with Gasteiger partial charge in [0.15, 0.2) is 5.75 Å². The fourth-order valence-electron chi connectivity index (χ4n) is 3.13. The zero-order valence-corrected chi connectivity index (χ0v) is 15.8. The minimum absolute atomic E-state index is 0.120. The van der Waals surface area contributed by atoms with Gasteiger partial charge in [-0.1, -0.05) is 23.2 Å². The van der Waals surface area contributed by atoms with Crippen LogP contribution in [-0.2, 0) is 0 Å². The van der Waals surface area contributed by atoms with Gasteiger partial charge in [-0.25, -0.2) is 4.79 Å². The lowest BCUT2D eigenvalue weighted by molar-refractivity contribution is 0.531. The van der Waals surface area contributed by atoms with Crippen LogP contribution in [-0.4, -0.2) is 27.2 Å². The Labute approximate surface area is 167 Å². The van der Waals surface area contributed by atoms with E-state index in [4.69, 9.17) is 33.2 Å². The maximum Gasteiger partial charge on any atom is 0.349 e. The number of nitriles is 1. The molecular weight excluding hydrogens is 407 g/mol. The molecule has 0 bridgehead atoms. The van der Waals surface area contributed by atoms with Gasteiger partial charge in [0.05, 0.1) is 22.3 Å². The highest BCUT2D eigenvalue weighted by atomic mass is 35.5. The molecule has 0 saturated carbocycles. The molecule has 1 aliphatic carbocycles. The van der Waals surface area contributed by atoms with Gasteiger partial charge in [-0.05, 0) is 37.0 Å². The van der Waals surface area contributed by atoms with E-state index in [2.05, 4.69) is 15.6 Å². The summed E-state index contributed by atoms with van der Waals surface area (Å²) in [5, 5.41) is 17.1. The van der Waals surface area contributed by atoms with Crippen LogP contribution in [0.15, 0.2) is 38.0 Å². The molecule has 0 spiro atoms. The minimum Gasteiger partial charge on any atom is -0.434 e. The van der Waals surface area contributed by atoms with Crippen molar-refractivity contribution in [2.24, 2.45) is 5.10 Å². The molecule has 1 aliphatic heterocycles. The largest absolute Gasteiger partial charge is 0.434 e. The van der Waals surface area contributed by atoms with Crippen LogP contribution in [0.2, 0.25) is 10.0 Å². The lowest BCUT2D eigenvalue weighted by Gasteiger charge is -2.18. The van der Waals surface area contributed by atoms with Gasteiger partial charge in [0.25, 0.3) is 5.56 Å².